The Kier molecular flexibility index (Phi) is 4.92. The molecule has 2 aromatic rings. The van der Waals surface area contributed by atoms with Gasteiger partial charge in [0.05, 0.1) is 13.6 Å². The van der Waals surface area contributed by atoms with Crippen molar-refractivity contribution < 1.29 is 13.2 Å². The molecule has 1 aromatic carbocycles. The van der Waals surface area contributed by atoms with Crippen LogP contribution in [0.2, 0.25) is 0 Å². The summed E-state index contributed by atoms with van der Waals surface area (Å²) in [5, 5.41) is 0. The molecular weight excluding hydrogens is 442 g/mol. The molecule has 0 unspecified atom stereocenters. The summed E-state index contributed by atoms with van der Waals surface area (Å²) >= 11 is 8.04. The van der Waals surface area contributed by atoms with E-state index in [1.807, 2.05) is 0 Å². The van der Waals surface area contributed by atoms with E-state index in [9.17, 15) is 13.2 Å². The van der Waals surface area contributed by atoms with Crippen LogP contribution in [0, 0.1) is 0 Å². The highest BCUT2D eigenvalue weighted by molar-refractivity contribution is 9.13. The SMILES string of the molecule is CN(C(=O)c1cc(Br)c(Br)s1)c1ccc(S(C)(=O)=O)cc1. The molecule has 112 valence electrons. The van der Waals surface area contributed by atoms with Crippen LogP contribution in [0.1, 0.15) is 9.67 Å². The van der Waals surface area contributed by atoms with E-state index in [0.717, 1.165) is 14.5 Å². The maximum absolute atomic E-state index is 12.4. The minimum absolute atomic E-state index is 0.154. The minimum atomic E-state index is -3.23. The largest absolute Gasteiger partial charge is 0.311 e. The number of carbonyl (C=O) groups is 1. The molecule has 0 saturated carbocycles. The highest BCUT2D eigenvalue weighted by atomic mass is 79.9. The normalized spacial score (nSPS) is 11.4. The molecule has 8 heteroatoms. The topological polar surface area (TPSA) is 54.5 Å². The molecular formula is C13H11Br2NO3S2. The Morgan fingerprint density at radius 2 is 1.76 bits per heavy atom. The molecule has 0 fully saturated rings. The van der Waals surface area contributed by atoms with Crippen LogP contribution in [-0.4, -0.2) is 27.6 Å². The van der Waals surface area contributed by atoms with E-state index in [4.69, 9.17) is 0 Å². The number of nitrogens with zero attached hydrogens (tertiary/aromatic N) is 1. The smallest absolute Gasteiger partial charge is 0.268 e. The number of thiophene rings is 1. The van der Waals surface area contributed by atoms with Crippen LogP contribution in [0.4, 0.5) is 5.69 Å². The highest BCUT2D eigenvalue weighted by Crippen LogP contribution is 2.33. The van der Waals surface area contributed by atoms with Crippen molar-refractivity contribution in [2.75, 3.05) is 18.2 Å². The fraction of sp³-hybridized carbons (Fsp3) is 0.154. The van der Waals surface area contributed by atoms with Gasteiger partial charge in [-0.2, -0.15) is 0 Å². The average Bonchev–Trinajstić information content (AvgIpc) is 2.76. The number of hydrogen-bond acceptors (Lipinski definition) is 4. The van der Waals surface area contributed by atoms with Gasteiger partial charge >= 0.3 is 0 Å². The van der Waals surface area contributed by atoms with Crippen molar-refractivity contribution in [2.45, 2.75) is 4.90 Å². The Balaban J connectivity index is 2.27. The number of benzene rings is 1. The first-order valence-corrected chi connectivity index (χ1v) is 10.0. The predicted molar refractivity (Wildman–Crippen MR) is 92.0 cm³/mol. The molecule has 4 nitrogen and oxygen atoms in total. The molecule has 1 amide bonds. The predicted octanol–water partition coefficient (Wildman–Crippen LogP) is 3.95. The van der Waals surface area contributed by atoms with Crippen LogP contribution in [-0.2, 0) is 9.84 Å². The van der Waals surface area contributed by atoms with Gasteiger partial charge in [-0.15, -0.1) is 11.3 Å². The van der Waals surface area contributed by atoms with Crippen molar-refractivity contribution in [2.24, 2.45) is 0 Å². The van der Waals surface area contributed by atoms with Crippen molar-refractivity contribution >= 4 is 64.6 Å². The Labute approximate surface area is 144 Å². The van der Waals surface area contributed by atoms with Crippen LogP contribution in [0.5, 0.6) is 0 Å². The fourth-order valence-electron chi connectivity index (χ4n) is 1.65. The molecule has 0 saturated heterocycles. The van der Waals surface area contributed by atoms with Gasteiger partial charge in [-0.05, 0) is 62.2 Å². The quantitative estimate of drug-likeness (QED) is 0.708. The third-order valence-electron chi connectivity index (χ3n) is 2.81. The third-order valence-corrected chi connectivity index (χ3v) is 7.19. The van der Waals surface area contributed by atoms with Crippen molar-refractivity contribution in [1.29, 1.82) is 0 Å². The summed E-state index contributed by atoms with van der Waals surface area (Å²) in [5.74, 6) is -0.154. The summed E-state index contributed by atoms with van der Waals surface area (Å²) in [6, 6.07) is 7.97. The number of sulfone groups is 1. The van der Waals surface area contributed by atoms with Crippen molar-refractivity contribution in [3.8, 4) is 0 Å². The number of anilines is 1. The number of carbonyl (C=O) groups excluding carboxylic acids is 1. The second-order valence-electron chi connectivity index (χ2n) is 4.36. The van der Waals surface area contributed by atoms with Crippen LogP contribution in [0.15, 0.2) is 43.5 Å². The lowest BCUT2D eigenvalue weighted by molar-refractivity contribution is 0.0997. The zero-order valence-corrected chi connectivity index (χ0v) is 15.9. The standard InChI is InChI=1S/C13H11Br2NO3S2/c1-16(13(17)11-7-10(14)12(15)20-11)8-3-5-9(6-4-8)21(2,18)19/h3-7H,1-2H3. The third kappa shape index (κ3) is 3.74. The molecule has 0 radical (unpaired) electrons. The van der Waals surface area contributed by atoms with E-state index in [1.54, 1.807) is 25.2 Å². The Morgan fingerprint density at radius 3 is 2.19 bits per heavy atom. The van der Waals surface area contributed by atoms with Gasteiger partial charge in [-0.25, -0.2) is 8.42 Å². The van der Waals surface area contributed by atoms with Gasteiger partial charge < -0.3 is 4.90 Å². The maximum Gasteiger partial charge on any atom is 0.268 e. The summed E-state index contributed by atoms with van der Waals surface area (Å²) in [5.41, 5.74) is 0.632. The van der Waals surface area contributed by atoms with Crippen LogP contribution in [0.25, 0.3) is 0 Å². The Bertz CT molecular complexity index is 763. The molecule has 0 aliphatic rings. The fourth-order valence-corrected chi connectivity index (χ4v) is 4.29. The Morgan fingerprint density at radius 1 is 1.19 bits per heavy atom. The first-order chi connectivity index (χ1) is 9.70. The van der Waals surface area contributed by atoms with Gasteiger partial charge in [0.2, 0.25) is 0 Å². The van der Waals surface area contributed by atoms with Crippen molar-refractivity contribution in [3.63, 3.8) is 0 Å². The number of hydrogen-bond donors (Lipinski definition) is 0. The summed E-state index contributed by atoms with van der Waals surface area (Å²) in [6.45, 7) is 0. The van der Waals surface area contributed by atoms with E-state index in [2.05, 4.69) is 31.9 Å². The zero-order valence-electron chi connectivity index (χ0n) is 11.1. The van der Waals surface area contributed by atoms with Gasteiger partial charge in [0.25, 0.3) is 5.91 Å². The van der Waals surface area contributed by atoms with Crippen LogP contribution >= 0.6 is 43.2 Å². The molecule has 0 spiro atoms. The molecule has 0 bridgehead atoms. The lowest BCUT2D eigenvalue weighted by Gasteiger charge is -2.16. The number of halogens is 2. The van der Waals surface area contributed by atoms with Gasteiger partial charge in [0.15, 0.2) is 9.84 Å². The lowest BCUT2D eigenvalue weighted by Crippen LogP contribution is -2.25. The summed E-state index contributed by atoms with van der Waals surface area (Å²) in [7, 11) is -1.58. The summed E-state index contributed by atoms with van der Waals surface area (Å²) in [4.78, 5) is 14.7. The molecule has 21 heavy (non-hydrogen) atoms. The molecule has 1 aromatic heterocycles. The zero-order chi connectivity index (χ0) is 15.8. The van der Waals surface area contributed by atoms with Crippen molar-refractivity contribution in [3.05, 3.63) is 43.5 Å². The van der Waals surface area contributed by atoms with E-state index in [1.165, 1.54) is 28.4 Å². The second kappa shape index (κ2) is 6.20. The first kappa shape index (κ1) is 16.7. The molecule has 0 aliphatic heterocycles. The molecule has 0 atom stereocenters. The van der Waals surface area contributed by atoms with Gasteiger partial charge in [0.1, 0.15) is 0 Å². The van der Waals surface area contributed by atoms with Gasteiger partial charge in [-0.3, -0.25) is 4.79 Å². The van der Waals surface area contributed by atoms with Gasteiger partial charge in [-0.1, -0.05) is 0 Å². The monoisotopic (exact) mass is 451 g/mol. The number of amides is 1. The first-order valence-electron chi connectivity index (χ1n) is 5.73. The highest BCUT2D eigenvalue weighted by Gasteiger charge is 2.18. The van der Waals surface area contributed by atoms with Gasteiger partial charge in [0, 0.05) is 23.5 Å². The molecule has 2 rings (SSSR count). The molecule has 0 N–H and O–H groups in total. The maximum atomic E-state index is 12.4. The molecule has 1 heterocycles. The van der Waals surface area contributed by atoms with E-state index < -0.39 is 9.84 Å². The minimum Gasteiger partial charge on any atom is -0.311 e. The summed E-state index contributed by atoms with van der Waals surface area (Å²) in [6.07, 6.45) is 1.15. The second-order valence-corrected chi connectivity index (χ2v) is 9.60. The average molecular weight is 453 g/mol. The van der Waals surface area contributed by atoms with E-state index in [-0.39, 0.29) is 10.8 Å². The van der Waals surface area contributed by atoms with Crippen molar-refractivity contribution in [1.82, 2.24) is 0 Å². The van der Waals surface area contributed by atoms with E-state index >= 15 is 0 Å². The molecule has 0 aliphatic carbocycles. The van der Waals surface area contributed by atoms with Crippen LogP contribution in [0.3, 0.4) is 0 Å². The Hall–Kier alpha value is -0.700. The van der Waals surface area contributed by atoms with E-state index in [0.29, 0.717) is 10.6 Å². The lowest BCUT2D eigenvalue weighted by atomic mass is 10.3. The number of rotatable bonds is 3. The van der Waals surface area contributed by atoms with Crippen LogP contribution < -0.4 is 4.90 Å². The summed E-state index contributed by atoms with van der Waals surface area (Å²) < 4.78 is 24.5.